The number of aromatic nitrogens is 3. The summed E-state index contributed by atoms with van der Waals surface area (Å²) in [6.07, 6.45) is -4.92. The van der Waals surface area contributed by atoms with E-state index < -0.39 is 18.2 Å². The Kier molecular flexibility index (Phi) is 4.61. The quantitative estimate of drug-likeness (QED) is 0.889. The maximum absolute atomic E-state index is 12.6. The summed E-state index contributed by atoms with van der Waals surface area (Å²) in [6.45, 7) is 1.79. The van der Waals surface area contributed by atoms with Gasteiger partial charge in [-0.25, -0.2) is 9.67 Å². The summed E-state index contributed by atoms with van der Waals surface area (Å²) in [5, 5.41) is 13.5. The molecule has 2 atom stereocenters. The number of carbonyl (C=O) groups is 1. The van der Waals surface area contributed by atoms with Crippen molar-refractivity contribution in [2.24, 2.45) is 0 Å². The van der Waals surface area contributed by atoms with Crippen LogP contribution in [-0.4, -0.2) is 56.6 Å². The summed E-state index contributed by atoms with van der Waals surface area (Å²) < 4.78 is 44.5. The molecule has 0 saturated carbocycles. The molecule has 3 heterocycles. The van der Waals surface area contributed by atoms with Gasteiger partial charge >= 0.3 is 6.18 Å². The molecule has 26 heavy (non-hydrogen) atoms. The summed E-state index contributed by atoms with van der Waals surface area (Å²) in [6, 6.07) is 3.43. The molecule has 0 spiro atoms. The van der Waals surface area contributed by atoms with Crippen molar-refractivity contribution in [3.8, 4) is 11.6 Å². The highest BCUT2D eigenvalue weighted by Crippen LogP contribution is 2.31. The number of amides is 1. The number of aliphatic hydroxyl groups is 1. The van der Waals surface area contributed by atoms with Gasteiger partial charge in [-0.3, -0.25) is 4.79 Å². The van der Waals surface area contributed by atoms with Crippen LogP contribution in [0.5, 0.6) is 5.88 Å². The number of fused-ring (bicyclic) bond motifs is 1. The average molecular weight is 370 g/mol. The lowest BCUT2D eigenvalue weighted by atomic mass is 9.97. The molecule has 0 bridgehead atoms. The largest absolute Gasteiger partial charge is 0.481 e. The van der Waals surface area contributed by atoms with Crippen LogP contribution in [0.3, 0.4) is 0 Å². The molecule has 1 aliphatic rings. The number of aliphatic hydroxyl groups excluding tert-OH is 1. The maximum atomic E-state index is 12.6. The molecule has 0 fully saturated rings. The minimum absolute atomic E-state index is 0.0464. The van der Waals surface area contributed by atoms with Crippen LogP contribution in [0.4, 0.5) is 13.2 Å². The van der Waals surface area contributed by atoms with Crippen molar-refractivity contribution in [2.45, 2.75) is 31.7 Å². The van der Waals surface area contributed by atoms with Crippen molar-refractivity contribution in [1.82, 2.24) is 19.7 Å². The zero-order valence-electron chi connectivity index (χ0n) is 14.1. The zero-order valence-corrected chi connectivity index (χ0v) is 14.1. The first-order chi connectivity index (χ1) is 12.2. The number of alkyl halides is 3. The lowest BCUT2D eigenvalue weighted by Crippen LogP contribution is -2.48. The highest BCUT2D eigenvalue weighted by atomic mass is 19.4. The monoisotopic (exact) mass is 370 g/mol. The number of ether oxygens (including phenoxy) is 1. The van der Waals surface area contributed by atoms with Gasteiger partial charge in [-0.15, -0.1) is 0 Å². The number of hydrogen-bond donors (Lipinski definition) is 1. The van der Waals surface area contributed by atoms with E-state index in [1.165, 1.54) is 13.3 Å². The standard InChI is InChI=1S/C16H17F3N4O3/c1-9-7-22(15(25)14(24)16(17,18)19)8-10-5-21-23(13(9)10)11-3-4-12(26-2)20-6-11/h3-6,9,14,24H,7-8H2,1-2H3. The third kappa shape index (κ3) is 3.24. The molecule has 10 heteroatoms. The number of halogens is 3. The first kappa shape index (κ1) is 18.2. The van der Waals surface area contributed by atoms with E-state index in [2.05, 4.69) is 10.1 Å². The smallest absolute Gasteiger partial charge is 0.423 e. The topological polar surface area (TPSA) is 80.5 Å². The van der Waals surface area contributed by atoms with Gasteiger partial charge in [0.25, 0.3) is 5.91 Å². The van der Waals surface area contributed by atoms with E-state index in [0.717, 1.165) is 10.6 Å². The van der Waals surface area contributed by atoms with Gasteiger partial charge in [-0.05, 0) is 6.07 Å². The fourth-order valence-corrected chi connectivity index (χ4v) is 3.03. The van der Waals surface area contributed by atoms with Crippen LogP contribution in [0.2, 0.25) is 0 Å². The Bertz CT molecular complexity index is 804. The zero-order chi connectivity index (χ0) is 19.1. The van der Waals surface area contributed by atoms with Crippen molar-refractivity contribution in [3.05, 3.63) is 35.8 Å². The number of hydrogen-bond acceptors (Lipinski definition) is 5. The number of pyridine rings is 1. The molecule has 140 valence electrons. The molecule has 1 N–H and O–H groups in total. The van der Waals surface area contributed by atoms with Crippen molar-refractivity contribution < 1.29 is 27.8 Å². The Balaban J connectivity index is 1.87. The van der Waals surface area contributed by atoms with E-state index in [4.69, 9.17) is 4.74 Å². The van der Waals surface area contributed by atoms with Gasteiger partial charge in [0, 0.05) is 30.6 Å². The van der Waals surface area contributed by atoms with E-state index in [-0.39, 0.29) is 19.0 Å². The second-order valence-electron chi connectivity index (χ2n) is 6.09. The van der Waals surface area contributed by atoms with Gasteiger partial charge in [0.05, 0.1) is 30.9 Å². The fourth-order valence-electron chi connectivity index (χ4n) is 3.03. The predicted octanol–water partition coefficient (Wildman–Crippen LogP) is 1.64. The molecule has 2 unspecified atom stereocenters. The highest BCUT2D eigenvalue weighted by Gasteiger charge is 2.46. The number of nitrogens with zero attached hydrogens (tertiary/aromatic N) is 4. The van der Waals surface area contributed by atoms with Crippen LogP contribution >= 0.6 is 0 Å². The van der Waals surface area contributed by atoms with Crippen molar-refractivity contribution >= 4 is 5.91 Å². The van der Waals surface area contributed by atoms with Crippen LogP contribution in [0.1, 0.15) is 24.1 Å². The summed E-state index contributed by atoms with van der Waals surface area (Å²) in [5.41, 5.74) is 2.10. The van der Waals surface area contributed by atoms with E-state index in [1.54, 1.807) is 29.9 Å². The molecule has 1 aliphatic heterocycles. The molecular weight excluding hydrogens is 353 g/mol. The second-order valence-corrected chi connectivity index (χ2v) is 6.09. The second kappa shape index (κ2) is 6.60. The predicted molar refractivity (Wildman–Crippen MR) is 83.8 cm³/mol. The molecule has 3 rings (SSSR count). The van der Waals surface area contributed by atoms with Crippen LogP contribution in [0.25, 0.3) is 5.69 Å². The molecule has 7 nitrogen and oxygen atoms in total. The molecule has 0 radical (unpaired) electrons. The first-order valence-electron chi connectivity index (χ1n) is 7.83. The summed E-state index contributed by atoms with van der Waals surface area (Å²) in [5.74, 6) is -1.18. The molecule has 0 aromatic carbocycles. The Labute approximate surface area is 147 Å². The number of rotatable bonds is 3. The van der Waals surface area contributed by atoms with E-state index in [1.807, 2.05) is 0 Å². The van der Waals surface area contributed by atoms with E-state index >= 15 is 0 Å². The summed E-state index contributed by atoms with van der Waals surface area (Å²) in [7, 11) is 1.50. The van der Waals surface area contributed by atoms with E-state index in [9.17, 15) is 23.1 Å². The highest BCUT2D eigenvalue weighted by molar-refractivity contribution is 5.81. The molecule has 0 aliphatic carbocycles. The van der Waals surface area contributed by atoms with Gasteiger partial charge in [-0.1, -0.05) is 6.92 Å². The third-order valence-corrected chi connectivity index (χ3v) is 4.24. The average Bonchev–Trinajstić information content (AvgIpc) is 3.04. The van der Waals surface area contributed by atoms with Crippen molar-refractivity contribution in [1.29, 1.82) is 0 Å². The maximum Gasteiger partial charge on any atom is 0.423 e. The Morgan fingerprint density at radius 2 is 2.12 bits per heavy atom. The van der Waals surface area contributed by atoms with Gasteiger partial charge in [0.1, 0.15) is 0 Å². The van der Waals surface area contributed by atoms with Crippen LogP contribution in [0, 0.1) is 0 Å². The van der Waals surface area contributed by atoms with Gasteiger partial charge < -0.3 is 14.7 Å². The summed E-state index contributed by atoms with van der Waals surface area (Å²) >= 11 is 0. The van der Waals surface area contributed by atoms with Gasteiger partial charge in [-0.2, -0.15) is 18.3 Å². The lowest BCUT2D eigenvalue weighted by Gasteiger charge is -2.33. The normalized spacial score (nSPS) is 18.4. The van der Waals surface area contributed by atoms with Crippen molar-refractivity contribution in [3.63, 3.8) is 0 Å². The minimum atomic E-state index is -4.99. The Morgan fingerprint density at radius 3 is 2.69 bits per heavy atom. The molecular formula is C16H17F3N4O3. The summed E-state index contributed by atoms with van der Waals surface area (Å²) in [4.78, 5) is 17.1. The van der Waals surface area contributed by atoms with Crippen LogP contribution in [-0.2, 0) is 11.3 Å². The molecule has 0 saturated heterocycles. The number of carbonyl (C=O) groups excluding carboxylic acids is 1. The lowest BCUT2D eigenvalue weighted by molar-refractivity contribution is -0.211. The molecule has 1 amide bonds. The van der Waals surface area contributed by atoms with Gasteiger partial charge in [0.2, 0.25) is 12.0 Å². The Morgan fingerprint density at radius 1 is 1.38 bits per heavy atom. The van der Waals surface area contributed by atoms with Crippen LogP contribution in [0.15, 0.2) is 24.5 Å². The molecule has 2 aromatic heterocycles. The minimum Gasteiger partial charge on any atom is -0.481 e. The SMILES string of the molecule is COc1ccc(-n2ncc3c2C(C)CN(C(=O)C(O)C(F)(F)F)C3)cn1. The van der Waals surface area contributed by atoms with E-state index in [0.29, 0.717) is 17.1 Å². The van der Waals surface area contributed by atoms with Gasteiger partial charge in [0.15, 0.2) is 0 Å². The van der Waals surface area contributed by atoms with Crippen LogP contribution < -0.4 is 4.74 Å². The number of methoxy groups -OCH3 is 1. The fraction of sp³-hybridized carbons (Fsp3) is 0.438. The van der Waals surface area contributed by atoms with Crippen molar-refractivity contribution in [2.75, 3.05) is 13.7 Å². The first-order valence-corrected chi connectivity index (χ1v) is 7.83. The Hall–Kier alpha value is -2.62. The third-order valence-electron chi connectivity index (χ3n) is 4.24. The molecule has 2 aromatic rings.